The van der Waals surface area contributed by atoms with Crippen LogP contribution in [0, 0.1) is 17.2 Å². The summed E-state index contributed by atoms with van der Waals surface area (Å²) in [5, 5.41) is 14.5. The standard InChI is InChI=1S/C12H16N2S/c13-8-12(10-4-1-2-5-10)14-9-11-6-3-7-15-11/h3,6-7,10,12,14H,1-2,4-5,9H2. The highest BCUT2D eigenvalue weighted by Crippen LogP contribution is 2.27. The Morgan fingerprint density at radius 3 is 2.93 bits per heavy atom. The molecule has 0 spiro atoms. The molecule has 1 atom stereocenters. The van der Waals surface area contributed by atoms with Crippen LogP contribution in [0.3, 0.4) is 0 Å². The van der Waals surface area contributed by atoms with Crippen molar-refractivity contribution in [2.75, 3.05) is 0 Å². The smallest absolute Gasteiger partial charge is 0.0984 e. The zero-order valence-electron chi connectivity index (χ0n) is 8.78. The van der Waals surface area contributed by atoms with E-state index < -0.39 is 0 Å². The Bertz CT molecular complexity index is 320. The fourth-order valence-electron chi connectivity index (χ4n) is 2.23. The van der Waals surface area contributed by atoms with E-state index in [1.165, 1.54) is 30.6 Å². The summed E-state index contributed by atoms with van der Waals surface area (Å²) >= 11 is 1.75. The van der Waals surface area contributed by atoms with Gasteiger partial charge in [0.1, 0.15) is 0 Å². The van der Waals surface area contributed by atoms with Crippen LogP contribution in [0.25, 0.3) is 0 Å². The number of nitriles is 1. The lowest BCUT2D eigenvalue weighted by Gasteiger charge is -2.17. The molecular formula is C12H16N2S. The second-order valence-corrected chi connectivity index (χ2v) is 5.14. The van der Waals surface area contributed by atoms with Gasteiger partial charge in [-0.05, 0) is 30.2 Å². The van der Waals surface area contributed by atoms with Crippen LogP contribution in [0.1, 0.15) is 30.6 Å². The lowest BCUT2D eigenvalue weighted by Crippen LogP contribution is -2.33. The molecule has 0 bridgehead atoms. The topological polar surface area (TPSA) is 35.8 Å². The molecule has 1 heterocycles. The summed E-state index contributed by atoms with van der Waals surface area (Å²) in [6.45, 7) is 0.840. The van der Waals surface area contributed by atoms with E-state index in [1.54, 1.807) is 11.3 Å². The zero-order valence-corrected chi connectivity index (χ0v) is 9.59. The Morgan fingerprint density at radius 1 is 1.53 bits per heavy atom. The van der Waals surface area contributed by atoms with Crippen molar-refractivity contribution >= 4 is 11.3 Å². The second kappa shape index (κ2) is 5.29. The molecule has 0 amide bonds. The monoisotopic (exact) mass is 220 g/mol. The van der Waals surface area contributed by atoms with Gasteiger partial charge in [-0.2, -0.15) is 5.26 Å². The number of hydrogen-bond acceptors (Lipinski definition) is 3. The number of nitrogens with one attached hydrogen (secondary N) is 1. The minimum atomic E-state index is 0.0506. The molecule has 1 fully saturated rings. The van der Waals surface area contributed by atoms with Crippen LogP contribution in [0.2, 0.25) is 0 Å². The van der Waals surface area contributed by atoms with Gasteiger partial charge in [0.15, 0.2) is 0 Å². The van der Waals surface area contributed by atoms with Crippen molar-refractivity contribution in [2.24, 2.45) is 5.92 Å². The molecule has 3 heteroatoms. The Kier molecular flexibility index (Phi) is 3.76. The van der Waals surface area contributed by atoms with Crippen molar-refractivity contribution in [3.05, 3.63) is 22.4 Å². The van der Waals surface area contributed by atoms with Crippen molar-refractivity contribution in [3.63, 3.8) is 0 Å². The lowest BCUT2D eigenvalue weighted by molar-refractivity contribution is 0.421. The molecule has 80 valence electrons. The van der Waals surface area contributed by atoms with E-state index in [-0.39, 0.29) is 6.04 Å². The Hall–Kier alpha value is -0.850. The molecule has 1 aliphatic rings. The molecule has 2 rings (SSSR count). The van der Waals surface area contributed by atoms with Crippen LogP contribution in [0.4, 0.5) is 0 Å². The third-order valence-electron chi connectivity index (χ3n) is 3.09. The van der Waals surface area contributed by atoms with Crippen LogP contribution in [-0.4, -0.2) is 6.04 Å². The van der Waals surface area contributed by atoms with Gasteiger partial charge in [0.2, 0.25) is 0 Å². The molecule has 1 aliphatic carbocycles. The summed E-state index contributed by atoms with van der Waals surface area (Å²) < 4.78 is 0. The van der Waals surface area contributed by atoms with E-state index in [9.17, 15) is 0 Å². The van der Waals surface area contributed by atoms with Crippen molar-refractivity contribution in [1.82, 2.24) is 5.32 Å². The third kappa shape index (κ3) is 2.80. The average molecular weight is 220 g/mol. The van der Waals surface area contributed by atoms with Gasteiger partial charge in [0.25, 0.3) is 0 Å². The quantitative estimate of drug-likeness (QED) is 0.847. The summed E-state index contributed by atoms with van der Waals surface area (Å²) in [6.07, 6.45) is 5.03. The first-order chi connectivity index (χ1) is 7.40. The van der Waals surface area contributed by atoms with Gasteiger partial charge < -0.3 is 0 Å². The molecule has 0 aliphatic heterocycles. The molecule has 0 radical (unpaired) electrons. The van der Waals surface area contributed by atoms with Crippen molar-refractivity contribution in [3.8, 4) is 6.07 Å². The number of thiophene rings is 1. The van der Waals surface area contributed by atoms with Crippen LogP contribution in [-0.2, 0) is 6.54 Å². The maximum Gasteiger partial charge on any atom is 0.0984 e. The van der Waals surface area contributed by atoms with Gasteiger partial charge in [-0.1, -0.05) is 18.9 Å². The van der Waals surface area contributed by atoms with Crippen molar-refractivity contribution < 1.29 is 0 Å². The zero-order chi connectivity index (χ0) is 10.5. The summed E-state index contributed by atoms with van der Waals surface area (Å²) in [5.74, 6) is 0.579. The SMILES string of the molecule is N#CC(NCc1cccs1)C1CCCC1. The second-order valence-electron chi connectivity index (χ2n) is 4.11. The lowest BCUT2D eigenvalue weighted by atomic mass is 9.99. The molecule has 15 heavy (non-hydrogen) atoms. The van der Waals surface area contributed by atoms with Crippen molar-refractivity contribution in [1.29, 1.82) is 5.26 Å². The first-order valence-electron chi connectivity index (χ1n) is 5.55. The molecule has 1 saturated carbocycles. The van der Waals surface area contributed by atoms with E-state index in [0.29, 0.717) is 5.92 Å². The fourth-order valence-corrected chi connectivity index (χ4v) is 2.89. The minimum absolute atomic E-state index is 0.0506. The molecular weight excluding hydrogens is 204 g/mol. The highest BCUT2D eigenvalue weighted by molar-refractivity contribution is 7.09. The molecule has 0 aromatic carbocycles. The summed E-state index contributed by atoms with van der Waals surface area (Å²) in [7, 11) is 0. The van der Waals surface area contributed by atoms with Gasteiger partial charge in [-0.15, -0.1) is 11.3 Å². The third-order valence-corrected chi connectivity index (χ3v) is 3.96. The highest BCUT2D eigenvalue weighted by atomic mass is 32.1. The normalized spacial score (nSPS) is 18.9. The van der Waals surface area contributed by atoms with Gasteiger partial charge in [-0.3, -0.25) is 5.32 Å². The molecule has 1 N–H and O–H groups in total. The predicted octanol–water partition coefficient (Wildman–Crippen LogP) is 2.92. The van der Waals surface area contributed by atoms with Crippen molar-refractivity contribution in [2.45, 2.75) is 38.3 Å². The van der Waals surface area contributed by atoms with E-state index in [0.717, 1.165) is 6.54 Å². The molecule has 1 aromatic heterocycles. The van der Waals surface area contributed by atoms with E-state index >= 15 is 0 Å². The Balaban J connectivity index is 1.83. The number of rotatable bonds is 4. The summed E-state index contributed by atoms with van der Waals surface area (Å²) in [6, 6.07) is 6.62. The largest absolute Gasteiger partial charge is 0.297 e. The fraction of sp³-hybridized carbons (Fsp3) is 0.583. The minimum Gasteiger partial charge on any atom is -0.297 e. The van der Waals surface area contributed by atoms with Crippen LogP contribution >= 0.6 is 11.3 Å². The van der Waals surface area contributed by atoms with E-state index in [1.807, 2.05) is 0 Å². The maximum absolute atomic E-state index is 9.11. The molecule has 0 saturated heterocycles. The predicted molar refractivity (Wildman–Crippen MR) is 62.5 cm³/mol. The Labute approximate surface area is 94.9 Å². The number of hydrogen-bond donors (Lipinski definition) is 1. The first-order valence-corrected chi connectivity index (χ1v) is 6.43. The van der Waals surface area contributed by atoms with Crippen LogP contribution in [0.5, 0.6) is 0 Å². The summed E-state index contributed by atoms with van der Waals surface area (Å²) in [5.41, 5.74) is 0. The molecule has 1 aromatic rings. The maximum atomic E-state index is 9.11. The van der Waals surface area contributed by atoms with Gasteiger partial charge in [-0.25, -0.2) is 0 Å². The van der Waals surface area contributed by atoms with Gasteiger partial charge in [0, 0.05) is 11.4 Å². The number of nitrogens with zero attached hydrogens (tertiary/aromatic N) is 1. The van der Waals surface area contributed by atoms with Gasteiger partial charge in [0.05, 0.1) is 12.1 Å². The first kappa shape index (κ1) is 10.7. The summed E-state index contributed by atoms with van der Waals surface area (Å²) in [4.78, 5) is 1.31. The van der Waals surface area contributed by atoms with Gasteiger partial charge >= 0.3 is 0 Å². The van der Waals surface area contributed by atoms with Crippen LogP contribution in [0.15, 0.2) is 17.5 Å². The highest BCUT2D eigenvalue weighted by Gasteiger charge is 2.24. The van der Waals surface area contributed by atoms with E-state index in [4.69, 9.17) is 5.26 Å². The van der Waals surface area contributed by atoms with E-state index in [2.05, 4.69) is 28.9 Å². The molecule has 1 unspecified atom stereocenters. The Morgan fingerprint density at radius 2 is 2.33 bits per heavy atom. The molecule has 2 nitrogen and oxygen atoms in total. The average Bonchev–Trinajstić information content (AvgIpc) is 2.90. The van der Waals surface area contributed by atoms with Crippen LogP contribution < -0.4 is 5.32 Å².